The van der Waals surface area contributed by atoms with Gasteiger partial charge >= 0.3 is 0 Å². The summed E-state index contributed by atoms with van der Waals surface area (Å²) in [5.74, 6) is 2.25. The SMILES string of the molecule is O=C(c1cccc(OC2CC2)c1)C1CCCCS1. The van der Waals surface area contributed by atoms with Crippen LogP contribution in [0.4, 0.5) is 0 Å². The minimum Gasteiger partial charge on any atom is -0.490 e. The van der Waals surface area contributed by atoms with Gasteiger partial charge in [-0.2, -0.15) is 11.8 Å². The number of hydrogen-bond acceptors (Lipinski definition) is 3. The molecule has 0 spiro atoms. The number of carbonyl (C=O) groups is 1. The van der Waals surface area contributed by atoms with Gasteiger partial charge in [-0.05, 0) is 43.6 Å². The molecule has 2 aliphatic rings. The predicted molar refractivity (Wildman–Crippen MR) is 74.5 cm³/mol. The van der Waals surface area contributed by atoms with E-state index in [0.717, 1.165) is 36.3 Å². The van der Waals surface area contributed by atoms with Gasteiger partial charge in [0, 0.05) is 5.56 Å². The van der Waals surface area contributed by atoms with Crippen molar-refractivity contribution in [3.05, 3.63) is 29.8 Å². The van der Waals surface area contributed by atoms with Gasteiger partial charge in [-0.25, -0.2) is 0 Å². The quantitative estimate of drug-likeness (QED) is 0.774. The van der Waals surface area contributed by atoms with Crippen LogP contribution in [-0.4, -0.2) is 22.9 Å². The summed E-state index contributed by atoms with van der Waals surface area (Å²) >= 11 is 1.81. The Hall–Kier alpha value is -0.960. The lowest BCUT2D eigenvalue weighted by Crippen LogP contribution is -2.21. The summed E-state index contributed by atoms with van der Waals surface area (Å²) in [5.41, 5.74) is 0.813. The van der Waals surface area contributed by atoms with Crippen LogP contribution in [0.5, 0.6) is 5.75 Å². The minimum atomic E-state index is 0.162. The van der Waals surface area contributed by atoms with Crippen molar-refractivity contribution in [3.63, 3.8) is 0 Å². The van der Waals surface area contributed by atoms with Crippen molar-refractivity contribution in [2.45, 2.75) is 43.5 Å². The fourth-order valence-electron chi connectivity index (χ4n) is 2.23. The highest BCUT2D eigenvalue weighted by Gasteiger charge is 2.25. The Kier molecular flexibility index (Phi) is 3.59. The first-order valence-electron chi connectivity index (χ1n) is 6.75. The van der Waals surface area contributed by atoms with E-state index in [1.807, 2.05) is 36.0 Å². The Balaban J connectivity index is 1.71. The van der Waals surface area contributed by atoms with E-state index in [4.69, 9.17) is 4.74 Å². The van der Waals surface area contributed by atoms with Crippen LogP contribution in [0.2, 0.25) is 0 Å². The standard InChI is InChI=1S/C15H18O2S/c16-15(14-6-1-2-9-18-14)11-4-3-5-13(10-11)17-12-7-8-12/h3-5,10,12,14H,1-2,6-9H2. The molecule has 0 aromatic heterocycles. The molecule has 2 nitrogen and oxygen atoms in total. The first kappa shape index (κ1) is 12.1. The summed E-state index contributed by atoms with van der Waals surface area (Å²) in [6.45, 7) is 0. The third-order valence-corrected chi connectivity index (χ3v) is 4.79. The number of Topliss-reactive ketones (excluding diaryl/α,β-unsaturated/α-hetero) is 1. The van der Waals surface area contributed by atoms with Crippen molar-refractivity contribution in [2.75, 3.05) is 5.75 Å². The van der Waals surface area contributed by atoms with Crippen LogP contribution < -0.4 is 4.74 Å². The fraction of sp³-hybridized carbons (Fsp3) is 0.533. The second-order valence-corrected chi connectivity index (χ2v) is 6.38. The maximum Gasteiger partial charge on any atom is 0.175 e. The Morgan fingerprint density at radius 1 is 1.22 bits per heavy atom. The van der Waals surface area contributed by atoms with Crippen molar-refractivity contribution in [1.29, 1.82) is 0 Å². The molecule has 1 aliphatic carbocycles. The van der Waals surface area contributed by atoms with Gasteiger partial charge in [-0.15, -0.1) is 0 Å². The summed E-state index contributed by atoms with van der Waals surface area (Å²) in [4.78, 5) is 12.4. The Morgan fingerprint density at radius 3 is 2.83 bits per heavy atom. The number of ether oxygens (including phenoxy) is 1. The average molecular weight is 262 g/mol. The lowest BCUT2D eigenvalue weighted by atomic mass is 10.0. The Morgan fingerprint density at radius 2 is 2.11 bits per heavy atom. The zero-order valence-corrected chi connectivity index (χ0v) is 11.2. The van der Waals surface area contributed by atoms with Gasteiger partial charge in [0.2, 0.25) is 0 Å². The smallest absolute Gasteiger partial charge is 0.175 e. The van der Waals surface area contributed by atoms with Crippen LogP contribution in [0.3, 0.4) is 0 Å². The maximum atomic E-state index is 12.4. The highest BCUT2D eigenvalue weighted by Crippen LogP contribution is 2.30. The number of carbonyl (C=O) groups excluding carboxylic acids is 1. The van der Waals surface area contributed by atoms with Crippen molar-refractivity contribution in [2.24, 2.45) is 0 Å². The van der Waals surface area contributed by atoms with Crippen molar-refractivity contribution >= 4 is 17.5 Å². The van der Waals surface area contributed by atoms with Gasteiger partial charge in [-0.1, -0.05) is 18.6 Å². The third-order valence-electron chi connectivity index (χ3n) is 3.42. The largest absolute Gasteiger partial charge is 0.490 e. The molecule has 0 bridgehead atoms. The molecule has 0 amide bonds. The number of rotatable bonds is 4. The van der Waals surface area contributed by atoms with Gasteiger partial charge in [-0.3, -0.25) is 4.79 Å². The molecule has 1 saturated heterocycles. The first-order chi connectivity index (χ1) is 8.83. The predicted octanol–water partition coefficient (Wildman–Crippen LogP) is 3.70. The molecule has 1 aliphatic heterocycles. The monoisotopic (exact) mass is 262 g/mol. The van der Waals surface area contributed by atoms with Gasteiger partial charge < -0.3 is 4.74 Å². The molecule has 1 heterocycles. The third kappa shape index (κ3) is 2.89. The Labute approximate surface area is 112 Å². The van der Waals surface area contributed by atoms with Crippen LogP contribution in [0, 0.1) is 0 Å². The summed E-state index contributed by atoms with van der Waals surface area (Å²) in [6, 6.07) is 7.70. The fourth-order valence-corrected chi connectivity index (χ4v) is 3.51. The molecule has 2 fully saturated rings. The molecule has 1 atom stereocenters. The number of hydrogen-bond donors (Lipinski definition) is 0. The number of thioether (sulfide) groups is 1. The first-order valence-corrected chi connectivity index (χ1v) is 7.80. The van der Waals surface area contributed by atoms with E-state index >= 15 is 0 Å². The molecule has 1 aromatic rings. The van der Waals surface area contributed by atoms with Gasteiger partial charge in [0.05, 0.1) is 11.4 Å². The van der Waals surface area contributed by atoms with E-state index in [-0.39, 0.29) is 11.0 Å². The molecule has 0 radical (unpaired) electrons. The van der Waals surface area contributed by atoms with E-state index in [0.29, 0.717) is 6.10 Å². The van der Waals surface area contributed by atoms with Crippen molar-refractivity contribution < 1.29 is 9.53 Å². The summed E-state index contributed by atoms with van der Waals surface area (Å²) in [7, 11) is 0. The molecular weight excluding hydrogens is 244 g/mol. The van der Waals surface area contributed by atoms with E-state index in [1.54, 1.807) is 0 Å². The molecule has 96 valence electrons. The van der Waals surface area contributed by atoms with Crippen LogP contribution in [0.15, 0.2) is 24.3 Å². The molecule has 1 saturated carbocycles. The van der Waals surface area contributed by atoms with Gasteiger partial charge in [0.15, 0.2) is 5.78 Å². The van der Waals surface area contributed by atoms with Gasteiger partial charge in [0.25, 0.3) is 0 Å². The zero-order valence-electron chi connectivity index (χ0n) is 10.4. The van der Waals surface area contributed by atoms with Crippen molar-refractivity contribution in [1.82, 2.24) is 0 Å². The second kappa shape index (κ2) is 5.35. The average Bonchev–Trinajstić information content (AvgIpc) is 3.23. The summed E-state index contributed by atoms with van der Waals surface area (Å²) in [5, 5.41) is 0.162. The maximum absolute atomic E-state index is 12.4. The van der Waals surface area contributed by atoms with Crippen LogP contribution >= 0.6 is 11.8 Å². The second-order valence-electron chi connectivity index (χ2n) is 5.06. The molecular formula is C15H18O2S. The van der Waals surface area contributed by atoms with Crippen molar-refractivity contribution in [3.8, 4) is 5.75 Å². The van der Waals surface area contributed by atoms with Crippen LogP contribution in [-0.2, 0) is 0 Å². The highest BCUT2D eigenvalue weighted by atomic mass is 32.2. The molecule has 0 N–H and O–H groups in total. The number of benzene rings is 1. The minimum absolute atomic E-state index is 0.162. The van der Waals surface area contributed by atoms with Gasteiger partial charge in [0.1, 0.15) is 5.75 Å². The normalized spacial score (nSPS) is 23.7. The Bertz CT molecular complexity index is 434. The molecule has 1 aromatic carbocycles. The van der Waals surface area contributed by atoms with E-state index in [9.17, 15) is 4.79 Å². The summed E-state index contributed by atoms with van der Waals surface area (Å²) in [6.07, 6.45) is 6.14. The van der Waals surface area contributed by atoms with E-state index in [1.165, 1.54) is 12.8 Å². The number of ketones is 1. The molecule has 1 unspecified atom stereocenters. The van der Waals surface area contributed by atoms with Crippen LogP contribution in [0.25, 0.3) is 0 Å². The van der Waals surface area contributed by atoms with E-state index in [2.05, 4.69) is 0 Å². The van der Waals surface area contributed by atoms with Crippen LogP contribution in [0.1, 0.15) is 42.5 Å². The van der Waals surface area contributed by atoms with E-state index < -0.39 is 0 Å². The lowest BCUT2D eigenvalue weighted by Gasteiger charge is -2.20. The molecule has 18 heavy (non-hydrogen) atoms. The lowest BCUT2D eigenvalue weighted by molar-refractivity contribution is 0.0984. The summed E-state index contributed by atoms with van der Waals surface area (Å²) < 4.78 is 5.74. The zero-order chi connectivity index (χ0) is 12.4. The molecule has 3 rings (SSSR count). The highest BCUT2D eigenvalue weighted by molar-refractivity contribution is 8.00. The topological polar surface area (TPSA) is 26.3 Å². The molecule has 3 heteroatoms.